The van der Waals surface area contributed by atoms with Crippen LogP contribution in [0.1, 0.15) is 25.8 Å². The Hall–Kier alpha value is -2.06. The van der Waals surface area contributed by atoms with Crippen LogP contribution in [0.2, 0.25) is 0 Å². The number of carbonyl (C=O) groups is 1. The lowest BCUT2D eigenvalue weighted by atomic mass is 10.2. The van der Waals surface area contributed by atoms with E-state index >= 15 is 0 Å². The van der Waals surface area contributed by atoms with Crippen LogP contribution in [0, 0.1) is 17.2 Å². The molecule has 21 heavy (non-hydrogen) atoms. The summed E-state index contributed by atoms with van der Waals surface area (Å²) < 4.78 is 5.44. The van der Waals surface area contributed by atoms with Gasteiger partial charge < -0.3 is 15.4 Å². The summed E-state index contributed by atoms with van der Waals surface area (Å²) in [5.74, 6) is 1.07. The lowest BCUT2D eigenvalue weighted by molar-refractivity contribution is -0.123. The maximum Gasteiger partial charge on any atom is 0.257 e. The summed E-state index contributed by atoms with van der Waals surface area (Å²) >= 11 is 0. The first kappa shape index (κ1) is 17.0. The Morgan fingerprint density at radius 2 is 2.24 bits per heavy atom. The summed E-state index contributed by atoms with van der Waals surface area (Å²) in [5.41, 5.74) is 1.12. The molecule has 5 heteroatoms. The minimum atomic E-state index is -0.214. The molecule has 0 aromatic heterocycles. The molecule has 0 saturated carbocycles. The zero-order valence-corrected chi connectivity index (χ0v) is 12.7. The first-order valence-corrected chi connectivity index (χ1v) is 7.18. The predicted molar refractivity (Wildman–Crippen MR) is 81.7 cm³/mol. The van der Waals surface area contributed by atoms with Gasteiger partial charge in [-0.1, -0.05) is 26.0 Å². The van der Waals surface area contributed by atoms with Gasteiger partial charge >= 0.3 is 0 Å². The average Bonchev–Trinajstić information content (AvgIpc) is 2.45. The van der Waals surface area contributed by atoms with Crippen molar-refractivity contribution in [3.05, 3.63) is 29.8 Å². The third kappa shape index (κ3) is 7.95. The highest BCUT2D eigenvalue weighted by Crippen LogP contribution is 2.13. The highest BCUT2D eigenvalue weighted by atomic mass is 16.5. The van der Waals surface area contributed by atoms with Crippen LogP contribution >= 0.6 is 0 Å². The molecule has 0 unspecified atom stereocenters. The lowest BCUT2D eigenvalue weighted by Gasteiger charge is -2.10. The molecule has 1 aromatic carbocycles. The van der Waals surface area contributed by atoms with Gasteiger partial charge in [0, 0.05) is 13.1 Å². The fraction of sp³-hybridized carbons (Fsp3) is 0.500. The van der Waals surface area contributed by atoms with Crippen molar-refractivity contribution in [2.24, 2.45) is 5.92 Å². The molecular formula is C16H23N3O2. The highest BCUT2D eigenvalue weighted by Gasteiger charge is 2.03. The number of nitrogens with one attached hydrogen (secondary N) is 2. The molecule has 0 bridgehead atoms. The number of ether oxygens (including phenoxy) is 1. The topological polar surface area (TPSA) is 74.2 Å². The minimum absolute atomic E-state index is 0.0334. The third-order valence-electron chi connectivity index (χ3n) is 2.71. The number of hydrogen-bond acceptors (Lipinski definition) is 4. The van der Waals surface area contributed by atoms with E-state index in [9.17, 15) is 4.79 Å². The van der Waals surface area contributed by atoms with E-state index in [2.05, 4.69) is 24.5 Å². The van der Waals surface area contributed by atoms with Gasteiger partial charge in [-0.05, 0) is 30.2 Å². The summed E-state index contributed by atoms with van der Waals surface area (Å²) in [7, 11) is 0. The molecule has 0 fully saturated rings. The second kappa shape index (κ2) is 9.78. The molecule has 0 atom stereocenters. The Bertz CT molecular complexity index is 481. The molecule has 0 aliphatic rings. The maximum atomic E-state index is 11.5. The average molecular weight is 289 g/mol. The molecule has 0 saturated heterocycles. The number of nitriles is 1. The molecule has 0 spiro atoms. The lowest BCUT2D eigenvalue weighted by Crippen LogP contribution is -2.29. The van der Waals surface area contributed by atoms with Gasteiger partial charge in [0.15, 0.2) is 6.61 Å². The molecule has 1 amide bonds. The Balaban J connectivity index is 2.35. The highest BCUT2D eigenvalue weighted by molar-refractivity contribution is 5.77. The van der Waals surface area contributed by atoms with Gasteiger partial charge in [0.25, 0.3) is 5.91 Å². The molecule has 2 N–H and O–H groups in total. The fourth-order valence-electron chi connectivity index (χ4n) is 1.71. The third-order valence-corrected chi connectivity index (χ3v) is 2.71. The molecule has 0 aliphatic carbocycles. The van der Waals surface area contributed by atoms with Gasteiger partial charge in [-0.3, -0.25) is 4.79 Å². The van der Waals surface area contributed by atoms with E-state index < -0.39 is 0 Å². The number of nitrogens with zero attached hydrogens (tertiary/aromatic N) is 1. The van der Waals surface area contributed by atoms with Crippen LogP contribution in [-0.2, 0) is 11.3 Å². The van der Waals surface area contributed by atoms with E-state index in [-0.39, 0.29) is 12.5 Å². The predicted octanol–water partition coefficient (Wildman–Crippen LogP) is 1.84. The van der Waals surface area contributed by atoms with Crippen molar-refractivity contribution < 1.29 is 9.53 Å². The maximum absolute atomic E-state index is 11.5. The Labute approximate surface area is 126 Å². The van der Waals surface area contributed by atoms with Crippen molar-refractivity contribution >= 4 is 5.91 Å². The number of hydrogen-bond donors (Lipinski definition) is 2. The standard InChI is InChI=1S/C16H23N3O2/c1-13(2)10-18-11-14-5-3-6-15(9-14)21-12-16(20)19-8-4-7-17/h3,5-6,9,13,18H,4,8,10-12H2,1-2H3,(H,19,20). The smallest absolute Gasteiger partial charge is 0.257 e. The quantitative estimate of drug-likeness (QED) is 0.680. The summed E-state index contributed by atoms with van der Waals surface area (Å²) in [5, 5.41) is 14.4. The Kier molecular flexibility index (Phi) is 7.92. The van der Waals surface area contributed by atoms with E-state index in [0.717, 1.165) is 18.7 Å². The number of amides is 1. The number of rotatable bonds is 9. The molecule has 1 aromatic rings. The van der Waals surface area contributed by atoms with Crippen molar-refractivity contribution in [2.45, 2.75) is 26.8 Å². The molecule has 1 rings (SSSR count). The van der Waals surface area contributed by atoms with Gasteiger partial charge in [-0.25, -0.2) is 0 Å². The molecular weight excluding hydrogens is 266 g/mol. The number of carbonyl (C=O) groups excluding carboxylic acids is 1. The molecule has 0 aliphatic heterocycles. The second-order valence-corrected chi connectivity index (χ2v) is 5.22. The molecule has 0 radical (unpaired) electrons. The largest absolute Gasteiger partial charge is 0.484 e. The Morgan fingerprint density at radius 3 is 2.95 bits per heavy atom. The van der Waals surface area contributed by atoms with E-state index in [1.807, 2.05) is 30.3 Å². The molecule has 0 heterocycles. The molecule has 114 valence electrons. The van der Waals surface area contributed by atoms with Gasteiger partial charge in [-0.15, -0.1) is 0 Å². The van der Waals surface area contributed by atoms with E-state index in [4.69, 9.17) is 10.00 Å². The van der Waals surface area contributed by atoms with Crippen molar-refractivity contribution in [1.82, 2.24) is 10.6 Å². The van der Waals surface area contributed by atoms with Gasteiger partial charge in [0.2, 0.25) is 0 Å². The van der Waals surface area contributed by atoms with Crippen LogP contribution in [-0.4, -0.2) is 25.6 Å². The van der Waals surface area contributed by atoms with Crippen LogP contribution in [0.3, 0.4) is 0 Å². The number of benzene rings is 1. The van der Waals surface area contributed by atoms with E-state index in [1.54, 1.807) is 0 Å². The summed E-state index contributed by atoms with van der Waals surface area (Å²) in [6.07, 6.45) is 0.308. The Morgan fingerprint density at radius 1 is 1.43 bits per heavy atom. The van der Waals surface area contributed by atoms with Crippen LogP contribution in [0.5, 0.6) is 5.75 Å². The molecule has 5 nitrogen and oxygen atoms in total. The zero-order valence-electron chi connectivity index (χ0n) is 12.7. The van der Waals surface area contributed by atoms with Crippen molar-refractivity contribution in [3.8, 4) is 11.8 Å². The van der Waals surface area contributed by atoms with Gasteiger partial charge in [-0.2, -0.15) is 5.26 Å². The SMILES string of the molecule is CC(C)CNCc1cccc(OCC(=O)NCCC#N)c1. The monoisotopic (exact) mass is 289 g/mol. The first-order chi connectivity index (χ1) is 10.1. The van der Waals surface area contributed by atoms with Crippen LogP contribution < -0.4 is 15.4 Å². The first-order valence-electron chi connectivity index (χ1n) is 7.18. The minimum Gasteiger partial charge on any atom is -0.484 e. The summed E-state index contributed by atoms with van der Waals surface area (Å²) in [6.45, 7) is 6.40. The van der Waals surface area contributed by atoms with Gasteiger partial charge in [0.05, 0.1) is 12.5 Å². The van der Waals surface area contributed by atoms with Crippen molar-refractivity contribution in [3.63, 3.8) is 0 Å². The van der Waals surface area contributed by atoms with Crippen LogP contribution in [0.15, 0.2) is 24.3 Å². The summed E-state index contributed by atoms with van der Waals surface area (Å²) in [6, 6.07) is 9.66. The van der Waals surface area contributed by atoms with Crippen molar-refractivity contribution in [2.75, 3.05) is 19.7 Å². The van der Waals surface area contributed by atoms with Crippen molar-refractivity contribution in [1.29, 1.82) is 5.26 Å². The van der Waals surface area contributed by atoms with Gasteiger partial charge in [0.1, 0.15) is 5.75 Å². The van der Waals surface area contributed by atoms with Crippen LogP contribution in [0.4, 0.5) is 0 Å². The summed E-state index contributed by atoms with van der Waals surface area (Å²) in [4.78, 5) is 11.5. The second-order valence-electron chi connectivity index (χ2n) is 5.22. The zero-order chi connectivity index (χ0) is 15.5. The normalized spacial score (nSPS) is 10.2. The fourth-order valence-corrected chi connectivity index (χ4v) is 1.71. The van der Waals surface area contributed by atoms with E-state index in [0.29, 0.717) is 24.6 Å². The van der Waals surface area contributed by atoms with E-state index in [1.165, 1.54) is 0 Å². The van der Waals surface area contributed by atoms with Crippen LogP contribution in [0.25, 0.3) is 0 Å².